The van der Waals surface area contributed by atoms with Crippen molar-refractivity contribution in [3.63, 3.8) is 0 Å². The molecular formula is C23H26N2O. The number of nitrogens with zero attached hydrogens (tertiary/aromatic N) is 2. The van der Waals surface area contributed by atoms with Gasteiger partial charge in [0.1, 0.15) is 0 Å². The Balaban J connectivity index is 2.36. The topological polar surface area (TPSA) is 23.6 Å². The van der Waals surface area contributed by atoms with Crippen LogP contribution in [0.3, 0.4) is 0 Å². The molecule has 0 saturated heterocycles. The molecule has 2 rings (SSSR count). The van der Waals surface area contributed by atoms with Gasteiger partial charge in [-0.1, -0.05) is 60.7 Å². The van der Waals surface area contributed by atoms with Gasteiger partial charge in [0.05, 0.1) is 11.4 Å². The number of hydrogen-bond donors (Lipinski definition) is 0. The second kappa shape index (κ2) is 9.42. The van der Waals surface area contributed by atoms with Gasteiger partial charge in [0.15, 0.2) is 0 Å². The molecule has 0 aliphatic carbocycles. The fourth-order valence-corrected chi connectivity index (χ4v) is 2.78. The summed E-state index contributed by atoms with van der Waals surface area (Å²) in [6.45, 7) is 3.95. The van der Waals surface area contributed by atoms with Crippen LogP contribution in [0.4, 0.5) is 11.4 Å². The Bertz CT molecular complexity index is 817. The highest BCUT2D eigenvalue weighted by Gasteiger charge is 2.14. The minimum absolute atomic E-state index is 0.824. The third-order valence-corrected chi connectivity index (χ3v) is 4.15. The average Bonchev–Trinajstić information content (AvgIpc) is 2.68. The molecule has 134 valence electrons. The van der Waals surface area contributed by atoms with E-state index in [4.69, 9.17) is 0 Å². The molecule has 26 heavy (non-hydrogen) atoms. The molecule has 0 saturated carbocycles. The number of rotatable bonds is 7. The smallest absolute Gasteiger partial charge is 0.218 e. The van der Waals surface area contributed by atoms with Gasteiger partial charge < -0.3 is 4.90 Å². The number of anilines is 2. The first-order valence-corrected chi connectivity index (χ1v) is 8.69. The van der Waals surface area contributed by atoms with E-state index in [-0.39, 0.29) is 0 Å². The number of hydrogen-bond acceptors (Lipinski definition) is 2. The molecule has 0 spiro atoms. The lowest BCUT2D eigenvalue weighted by Crippen LogP contribution is -2.22. The average molecular weight is 346 g/mol. The minimum atomic E-state index is 0.824. The number of carbonyl (C=O) groups excluding carboxylic acids is 1. The van der Waals surface area contributed by atoms with Crippen LogP contribution in [0.5, 0.6) is 0 Å². The van der Waals surface area contributed by atoms with Crippen molar-refractivity contribution in [2.24, 2.45) is 0 Å². The van der Waals surface area contributed by atoms with E-state index in [1.807, 2.05) is 93.5 Å². The van der Waals surface area contributed by atoms with Crippen LogP contribution >= 0.6 is 0 Å². The van der Waals surface area contributed by atoms with Crippen molar-refractivity contribution < 1.29 is 4.79 Å². The molecule has 0 aliphatic heterocycles. The summed E-state index contributed by atoms with van der Waals surface area (Å²) in [6.07, 6.45) is 8.89. The first-order valence-electron chi connectivity index (χ1n) is 8.69. The molecule has 0 fully saturated rings. The summed E-state index contributed by atoms with van der Waals surface area (Å²) in [5.74, 6) is 0. The molecule has 0 N–H and O–H groups in total. The van der Waals surface area contributed by atoms with Gasteiger partial charge >= 0.3 is 0 Å². The van der Waals surface area contributed by atoms with E-state index in [2.05, 4.69) is 18.2 Å². The quantitative estimate of drug-likeness (QED) is 0.503. The second-order valence-corrected chi connectivity index (χ2v) is 6.02. The fraction of sp³-hybridized carbons (Fsp3) is 0.174. The molecule has 2 aromatic carbocycles. The molecule has 0 aliphatic rings. The summed E-state index contributed by atoms with van der Waals surface area (Å²) in [7, 11) is 3.95. The largest absolute Gasteiger partial charge is 0.376 e. The van der Waals surface area contributed by atoms with Crippen LogP contribution in [0.25, 0.3) is 5.57 Å². The normalized spacial score (nSPS) is 12.3. The van der Waals surface area contributed by atoms with Gasteiger partial charge in [-0.3, -0.25) is 9.69 Å². The van der Waals surface area contributed by atoms with Gasteiger partial charge in [-0.2, -0.15) is 0 Å². The van der Waals surface area contributed by atoms with Crippen LogP contribution < -0.4 is 9.80 Å². The monoisotopic (exact) mass is 346 g/mol. The zero-order valence-corrected chi connectivity index (χ0v) is 15.9. The summed E-state index contributed by atoms with van der Waals surface area (Å²) >= 11 is 0. The lowest BCUT2D eigenvalue weighted by molar-refractivity contribution is -0.107. The molecular weight excluding hydrogens is 320 g/mol. The number of amides is 1. The van der Waals surface area contributed by atoms with E-state index >= 15 is 0 Å². The second-order valence-electron chi connectivity index (χ2n) is 6.02. The predicted octanol–water partition coefficient (Wildman–Crippen LogP) is 5.28. The van der Waals surface area contributed by atoms with E-state index in [0.717, 1.165) is 34.6 Å². The molecule has 0 radical (unpaired) electrons. The lowest BCUT2D eigenvalue weighted by atomic mass is 10.0. The summed E-state index contributed by atoms with van der Waals surface area (Å²) in [5, 5.41) is 0. The Kier molecular flexibility index (Phi) is 6.98. The van der Waals surface area contributed by atoms with Gasteiger partial charge in [-0.05, 0) is 43.2 Å². The van der Waals surface area contributed by atoms with E-state index in [0.29, 0.717) is 0 Å². The van der Waals surface area contributed by atoms with Crippen LogP contribution in [0.1, 0.15) is 19.4 Å². The lowest BCUT2D eigenvalue weighted by Gasteiger charge is -2.25. The first-order chi connectivity index (χ1) is 12.6. The molecule has 3 nitrogen and oxygen atoms in total. The third-order valence-electron chi connectivity index (χ3n) is 4.15. The van der Waals surface area contributed by atoms with E-state index in [1.165, 1.54) is 0 Å². The highest BCUT2D eigenvalue weighted by atomic mass is 16.1. The van der Waals surface area contributed by atoms with Crippen LogP contribution in [0.2, 0.25) is 0 Å². The molecule has 3 heteroatoms. The van der Waals surface area contributed by atoms with Crippen molar-refractivity contribution in [2.75, 3.05) is 23.9 Å². The van der Waals surface area contributed by atoms with E-state index in [9.17, 15) is 4.79 Å². The zero-order chi connectivity index (χ0) is 18.9. The maximum absolute atomic E-state index is 11.9. The SMILES string of the molecule is C\C=C(/C=C\C(=C/C)N(C=O)c1ccccc1N(C)C)c1ccccc1. The maximum atomic E-state index is 11.9. The highest BCUT2D eigenvalue weighted by molar-refractivity contribution is 5.88. The van der Waals surface area contributed by atoms with E-state index < -0.39 is 0 Å². The Morgan fingerprint density at radius 1 is 0.808 bits per heavy atom. The van der Waals surface area contributed by atoms with Crippen molar-refractivity contribution in [3.8, 4) is 0 Å². The van der Waals surface area contributed by atoms with Crippen molar-refractivity contribution >= 4 is 23.4 Å². The molecule has 1 amide bonds. The third kappa shape index (κ3) is 4.51. The fourth-order valence-electron chi connectivity index (χ4n) is 2.78. The molecule has 0 bridgehead atoms. The Labute approximate surface area is 156 Å². The van der Waals surface area contributed by atoms with Gasteiger partial charge in [0.2, 0.25) is 6.41 Å². The van der Waals surface area contributed by atoms with Crippen LogP contribution in [-0.2, 0) is 4.79 Å². The Hall–Kier alpha value is -3.07. The van der Waals surface area contributed by atoms with Gasteiger partial charge in [0, 0.05) is 19.8 Å². The maximum Gasteiger partial charge on any atom is 0.218 e. The van der Waals surface area contributed by atoms with Crippen molar-refractivity contribution in [1.82, 2.24) is 0 Å². The van der Waals surface area contributed by atoms with Gasteiger partial charge in [-0.25, -0.2) is 0 Å². The molecule has 0 unspecified atom stereocenters. The van der Waals surface area contributed by atoms with Gasteiger partial charge in [0.25, 0.3) is 0 Å². The zero-order valence-electron chi connectivity index (χ0n) is 15.9. The van der Waals surface area contributed by atoms with Crippen molar-refractivity contribution in [2.45, 2.75) is 13.8 Å². The summed E-state index contributed by atoms with van der Waals surface area (Å²) < 4.78 is 0. The molecule has 0 aromatic heterocycles. The van der Waals surface area contributed by atoms with Crippen LogP contribution in [0.15, 0.2) is 84.6 Å². The van der Waals surface area contributed by atoms with Crippen molar-refractivity contribution in [1.29, 1.82) is 0 Å². The minimum Gasteiger partial charge on any atom is -0.376 e. The highest BCUT2D eigenvalue weighted by Crippen LogP contribution is 2.30. The number of benzene rings is 2. The Morgan fingerprint density at radius 2 is 1.42 bits per heavy atom. The number of carbonyl (C=O) groups is 1. The molecule has 2 aromatic rings. The van der Waals surface area contributed by atoms with Crippen LogP contribution in [-0.4, -0.2) is 20.5 Å². The predicted molar refractivity (Wildman–Crippen MR) is 112 cm³/mol. The molecule has 0 heterocycles. The summed E-state index contributed by atoms with van der Waals surface area (Å²) in [6, 6.07) is 18.1. The van der Waals surface area contributed by atoms with Gasteiger partial charge in [-0.15, -0.1) is 0 Å². The van der Waals surface area contributed by atoms with Crippen molar-refractivity contribution in [3.05, 3.63) is 90.2 Å². The summed E-state index contributed by atoms with van der Waals surface area (Å²) in [5.41, 5.74) is 4.92. The number of allylic oxidation sites excluding steroid dienone is 5. The van der Waals surface area contributed by atoms with Crippen LogP contribution in [0, 0.1) is 0 Å². The molecule has 0 atom stereocenters. The first kappa shape index (κ1) is 19.3. The standard InChI is InChI=1S/C23H26N2O/c1-5-19(20-12-8-7-9-13-20)16-17-21(6-2)25(18-26)23-15-11-10-14-22(23)24(3)4/h5-18H,1-4H3/b17-16-,19-5+,21-6+. The number of para-hydroxylation sites is 2. The van der Waals surface area contributed by atoms with E-state index in [1.54, 1.807) is 4.90 Å². The summed E-state index contributed by atoms with van der Waals surface area (Å²) in [4.78, 5) is 15.6. The Morgan fingerprint density at radius 3 is 1.96 bits per heavy atom.